The molecule has 3 aromatic heterocycles. The van der Waals surface area contributed by atoms with E-state index in [-0.39, 0.29) is 18.2 Å². The molecule has 2 aromatic carbocycles. The molecule has 0 bridgehead atoms. The minimum Gasteiger partial charge on any atom is -0.389 e. The van der Waals surface area contributed by atoms with Crippen LogP contribution in [0.1, 0.15) is 23.6 Å². The first-order valence-corrected chi connectivity index (χ1v) is 11.7. The third-order valence-electron chi connectivity index (χ3n) is 6.70. The standard InChI is InChI=1S/C28H24N4O3/c33-26-16-35-11-9-25(26)32-17-31-27-22-6-2-1-5-21(22)20(13-23(27)28(32)34)12-18-7-8-24(30-14-18)19-4-3-10-29-15-19/h1-8,10,13-15,17,25-26,33H,9,11-12,16H2/t25-,26-/m0/s1. The monoisotopic (exact) mass is 464 g/mol. The molecular weight excluding hydrogens is 440 g/mol. The average molecular weight is 465 g/mol. The largest absolute Gasteiger partial charge is 0.389 e. The van der Waals surface area contributed by atoms with Gasteiger partial charge >= 0.3 is 0 Å². The molecule has 5 aromatic rings. The molecule has 1 aliphatic rings. The van der Waals surface area contributed by atoms with Gasteiger partial charge in [-0.05, 0) is 53.6 Å². The van der Waals surface area contributed by atoms with Crippen LogP contribution in [0.4, 0.5) is 0 Å². The Labute approximate surface area is 201 Å². The van der Waals surface area contributed by atoms with Gasteiger partial charge in [0, 0.05) is 36.1 Å². The number of aromatic nitrogens is 4. The first-order valence-electron chi connectivity index (χ1n) is 11.7. The summed E-state index contributed by atoms with van der Waals surface area (Å²) < 4.78 is 6.91. The molecule has 0 spiro atoms. The van der Waals surface area contributed by atoms with Gasteiger partial charge in [0.15, 0.2) is 0 Å². The molecule has 0 saturated carbocycles. The number of aliphatic hydroxyl groups is 1. The van der Waals surface area contributed by atoms with E-state index in [0.29, 0.717) is 30.4 Å². The summed E-state index contributed by atoms with van der Waals surface area (Å²) in [6, 6.07) is 17.6. The van der Waals surface area contributed by atoms with Crippen LogP contribution in [0.2, 0.25) is 0 Å². The fourth-order valence-electron chi connectivity index (χ4n) is 4.90. The normalized spacial score (nSPS) is 18.2. The van der Waals surface area contributed by atoms with Crippen molar-refractivity contribution in [2.75, 3.05) is 13.2 Å². The summed E-state index contributed by atoms with van der Waals surface area (Å²) in [6.07, 6.45) is 7.46. The molecule has 4 heterocycles. The second-order valence-electron chi connectivity index (χ2n) is 8.90. The highest BCUT2D eigenvalue weighted by Gasteiger charge is 2.27. The van der Waals surface area contributed by atoms with Crippen molar-refractivity contribution in [3.8, 4) is 11.3 Å². The van der Waals surface area contributed by atoms with Gasteiger partial charge < -0.3 is 9.84 Å². The Morgan fingerprint density at radius 2 is 1.89 bits per heavy atom. The van der Waals surface area contributed by atoms with E-state index in [1.165, 1.54) is 0 Å². The highest BCUT2D eigenvalue weighted by atomic mass is 16.5. The lowest BCUT2D eigenvalue weighted by atomic mass is 9.96. The number of hydrogen-bond acceptors (Lipinski definition) is 6. The Bertz CT molecular complexity index is 1570. The smallest absolute Gasteiger partial charge is 0.261 e. The maximum absolute atomic E-state index is 13.6. The number of hydrogen-bond donors (Lipinski definition) is 1. The van der Waals surface area contributed by atoms with Gasteiger partial charge in [0.25, 0.3) is 5.56 Å². The van der Waals surface area contributed by atoms with Gasteiger partial charge in [0.2, 0.25) is 0 Å². The number of nitrogens with zero attached hydrogens (tertiary/aromatic N) is 4. The predicted octanol–water partition coefficient (Wildman–Crippen LogP) is 3.92. The lowest BCUT2D eigenvalue weighted by molar-refractivity contribution is -0.0395. The number of aliphatic hydroxyl groups excluding tert-OH is 1. The molecule has 2 atom stereocenters. The number of rotatable bonds is 4. The van der Waals surface area contributed by atoms with Crippen LogP contribution in [-0.2, 0) is 11.2 Å². The Morgan fingerprint density at radius 1 is 1.00 bits per heavy atom. The quantitative estimate of drug-likeness (QED) is 0.406. The highest BCUT2D eigenvalue weighted by Crippen LogP contribution is 2.29. The fraction of sp³-hybridized carbons (Fsp3) is 0.214. The maximum atomic E-state index is 13.6. The van der Waals surface area contributed by atoms with Crippen molar-refractivity contribution in [1.29, 1.82) is 0 Å². The van der Waals surface area contributed by atoms with Crippen LogP contribution in [-0.4, -0.2) is 43.9 Å². The maximum Gasteiger partial charge on any atom is 0.261 e. The molecule has 0 radical (unpaired) electrons. The zero-order chi connectivity index (χ0) is 23.8. The van der Waals surface area contributed by atoms with Gasteiger partial charge in [0.1, 0.15) is 0 Å². The van der Waals surface area contributed by atoms with E-state index >= 15 is 0 Å². The Balaban J connectivity index is 1.44. The zero-order valence-corrected chi connectivity index (χ0v) is 19.0. The molecule has 0 amide bonds. The van der Waals surface area contributed by atoms with Crippen LogP contribution in [0, 0.1) is 0 Å². The van der Waals surface area contributed by atoms with E-state index in [2.05, 4.69) is 27.1 Å². The van der Waals surface area contributed by atoms with Crippen molar-refractivity contribution < 1.29 is 9.84 Å². The molecule has 1 fully saturated rings. The second kappa shape index (κ2) is 9.02. The van der Waals surface area contributed by atoms with E-state index in [9.17, 15) is 9.90 Å². The van der Waals surface area contributed by atoms with Gasteiger partial charge in [-0.1, -0.05) is 30.3 Å². The van der Waals surface area contributed by atoms with E-state index in [1.54, 1.807) is 23.3 Å². The molecule has 1 aliphatic heterocycles. The molecule has 0 aliphatic carbocycles. The van der Waals surface area contributed by atoms with Crippen LogP contribution in [0.3, 0.4) is 0 Å². The molecule has 0 unspecified atom stereocenters. The van der Waals surface area contributed by atoms with Gasteiger partial charge in [-0.3, -0.25) is 19.3 Å². The highest BCUT2D eigenvalue weighted by molar-refractivity contribution is 6.06. The van der Waals surface area contributed by atoms with Crippen molar-refractivity contribution in [3.05, 3.63) is 101 Å². The number of pyridine rings is 2. The van der Waals surface area contributed by atoms with Gasteiger partial charge in [-0.25, -0.2) is 4.98 Å². The number of benzene rings is 2. The van der Waals surface area contributed by atoms with Gasteiger partial charge in [0.05, 0.1) is 41.7 Å². The van der Waals surface area contributed by atoms with Crippen LogP contribution < -0.4 is 5.56 Å². The Kier molecular flexibility index (Phi) is 5.56. The molecule has 6 rings (SSSR count). The third-order valence-corrected chi connectivity index (χ3v) is 6.70. The Hall–Kier alpha value is -3.94. The zero-order valence-electron chi connectivity index (χ0n) is 19.0. The molecule has 1 saturated heterocycles. The van der Waals surface area contributed by atoms with Crippen molar-refractivity contribution in [2.24, 2.45) is 0 Å². The summed E-state index contributed by atoms with van der Waals surface area (Å²) in [7, 11) is 0. The van der Waals surface area contributed by atoms with E-state index in [0.717, 1.165) is 33.2 Å². The molecule has 1 N–H and O–H groups in total. The lowest BCUT2D eigenvalue weighted by Gasteiger charge is -2.29. The van der Waals surface area contributed by atoms with Gasteiger partial charge in [-0.2, -0.15) is 0 Å². The number of fused-ring (bicyclic) bond motifs is 3. The van der Waals surface area contributed by atoms with Crippen molar-refractivity contribution >= 4 is 21.7 Å². The first kappa shape index (κ1) is 21.6. The molecule has 7 nitrogen and oxygen atoms in total. The fourth-order valence-corrected chi connectivity index (χ4v) is 4.90. The minimum atomic E-state index is -0.731. The van der Waals surface area contributed by atoms with Crippen LogP contribution in [0.15, 0.2) is 84.3 Å². The third kappa shape index (κ3) is 3.99. The summed E-state index contributed by atoms with van der Waals surface area (Å²) in [6.45, 7) is 0.733. The van der Waals surface area contributed by atoms with E-state index in [1.807, 2.05) is 48.7 Å². The number of ether oxygens (including phenoxy) is 1. The van der Waals surface area contributed by atoms with Crippen molar-refractivity contribution in [3.63, 3.8) is 0 Å². The average Bonchev–Trinajstić information content (AvgIpc) is 2.91. The summed E-state index contributed by atoms with van der Waals surface area (Å²) in [4.78, 5) is 27.0. The molecular formula is C28H24N4O3. The van der Waals surface area contributed by atoms with Crippen LogP contribution in [0.5, 0.6) is 0 Å². The van der Waals surface area contributed by atoms with Crippen molar-refractivity contribution in [1.82, 2.24) is 19.5 Å². The second-order valence-corrected chi connectivity index (χ2v) is 8.90. The summed E-state index contributed by atoms with van der Waals surface area (Å²) in [5, 5.41) is 13.0. The predicted molar refractivity (Wildman–Crippen MR) is 134 cm³/mol. The molecule has 7 heteroatoms. The van der Waals surface area contributed by atoms with Crippen molar-refractivity contribution in [2.45, 2.75) is 25.0 Å². The minimum absolute atomic E-state index is 0.141. The lowest BCUT2D eigenvalue weighted by Crippen LogP contribution is -2.39. The van der Waals surface area contributed by atoms with Crippen LogP contribution >= 0.6 is 0 Å². The summed E-state index contributed by atoms with van der Waals surface area (Å²) in [5.74, 6) is 0. The topological polar surface area (TPSA) is 90.1 Å². The first-order chi connectivity index (χ1) is 17.2. The molecule has 35 heavy (non-hydrogen) atoms. The van der Waals surface area contributed by atoms with Crippen LogP contribution in [0.25, 0.3) is 32.9 Å². The van der Waals surface area contributed by atoms with E-state index in [4.69, 9.17) is 4.74 Å². The van der Waals surface area contributed by atoms with Gasteiger partial charge in [-0.15, -0.1) is 0 Å². The molecule has 174 valence electrons. The Morgan fingerprint density at radius 3 is 2.66 bits per heavy atom. The summed E-state index contributed by atoms with van der Waals surface area (Å²) in [5.41, 5.74) is 4.46. The van der Waals surface area contributed by atoms with E-state index < -0.39 is 6.10 Å². The SMILES string of the molecule is O=c1c2cc(Cc3ccc(-c4cccnc4)nc3)c3ccccc3c2ncn1[C@H]1CCOC[C@@H]1O. The summed E-state index contributed by atoms with van der Waals surface area (Å²) >= 11 is 0.